The predicted octanol–water partition coefficient (Wildman–Crippen LogP) is 3.42. The van der Waals surface area contributed by atoms with E-state index in [1.165, 1.54) is 0 Å². The Morgan fingerprint density at radius 3 is 2.69 bits per heavy atom. The van der Waals surface area contributed by atoms with Crippen molar-refractivity contribution in [1.82, 2.24) is 9.55 Å². The summed E-state index contributed by atoms with van der Waals surface area (Å²) in [6.45, 7) is 2.86. The van der Waals surface area contributed by atoms with E-state index in [0.717, 1.165) is 23.3 Å². The van der Waals surface area contributed by atoms with Gasteiger partial charge in [0, 0.05) is 25.2 Å². The molecule has 0 spiro atoms. The third-order valence-electron chi connectivity index (χ3n) is 5.38. The van der Waals surface area contributed by atoms with Gasteiger partial charge in [0.1, 0.15) is 6.17 Å². The van der Waals surface area contributed by atoms with Gasteiger partial charge < -0.3 is 15.2 Å². The first-order valence-electron chi connectivity index (χ1n) is 9.37. The lowest BCUT2D eigenvalue weighted by Gasteiger charge is -2.34. The summed E-state index contributed by atoms with van der Waals surface area (Å²) in [5.41, 5.74) is 8.95. The number of benzene rings is 2. The lowest BCUT2D eigenvalue weighted by Crippen LogP contribution is -2.50. The molecule has 150 valence electrons. The molecule has 0 saturated carbocycles. The highest BCUT2D eigenvalue weighted by molar-refractivity contribution is 5.79. The Hall–Kier alpha value is -3.05. The van der Waals surface area contributed by atoms with Crippen LogP contribution in [0.25, 0.3) is 11.0 Å². The number of piperidine rings is 1. The van der Waals surface area contributed by atoms with Crippen LogP contribution in [0.3, 0.4) is 0 Å². The van der Waals surface area contributed by atoms with Crippen LogP contribution >= 0.6 is 0 Å². The summed E-state index contributed by atoms with van der Waals surface area (Å²) in [4.78, 5) is 6.36. The second-order valence-electron chi connectivity index (χ2n) is 7.43. The van der Waals surface area contributed by atoms with E-state index >= 15 is 0 Å². The largest absolute Gasteiger partial charge is 0.340 e. The van der Waals surface area contributed by atoms with Gasteiger partial charge in [-0.1, -0.05) is 12.1 Å². The summed E-state index contributed by atoms with van der Waals surface area (Å²) in [5.74, 6) is -1.43. The maximum Gasteiger partial charge on any atom is 0.206 e. The number of halogens is 3. The third kappa shape index (κ3) is 3.54. The van der Waals surface area contributed by atoms with Gasteiger partial charge in [-0.3, -0.25) is 0 Å². The standard InChI is InChI=1S/C21H20F3N5/c1-12-6-13(2-3-14(12)9-25)10-29-20-8-17(24)16(23)7-19(20)27-21(29)28-5-4-15(22)18(26)11-28/h2-3,6-8,15,18H,4-5,10-11,26H2,1H3/t15-,18-/m0/s1. The van der Waals surface area contributed by atoms with E-state index in [0.29, 0.717) is 35.6 Å². The number of nitriles is 1. The van der Waals surface area contributed by atoms with Gasteiger partial charge >= 0.3 is 0 Å². The second kappa shape index (κ2) is 7.41. The topological polar surface area (TPSA) is 70.9 Å². The predicted molar refractivity (Wildman–Crippen MR) is 104 cm³/mol. The molecule has 0 bridgehead atoms. The maximum absolute atomic E-state index is 14.0. The van der Waals surface area contributed by atoms with Crippen molar-refractivity contribution in [3.05, 3.63) is 58.7 Å². The minimum atomic E-state index is -1.08. The number of fused-ring (bicyclic) bond motifs is 1. The quantitative estimate of drug-likeness (QED) is 0.733. The first-order chi connectivity index (χ1) is 13.9. The first-order valence-corrected chi connectivity index (χ1v) is 9.37. The highest BCUT2D eigenvalue weighted by Crippen LogP contribution is 2.28. The molecule has 1 fully saturated rings. The summed E-state index contributed by atoms with van der Waals surface area (Å²) >= 11 is 0. The molecule has 0 radical (unpaired) electrons. The van der Waals surface area contributed by atoms with Crippen molar-refractivity contribution in [2.75, 3.05) is 18.0 Å². The van der Waals surface area contributed by atoms with Gasteiger partial charge in [0.05, 0.1) is 35.3 Å². The number of alkyl halides is 1. The van der Waals surface area contributed by atoms with Gasteiger partial charge in [-0.25, -0.2) is 18.2 Å². The summed E-state index contributed by atoms with van der Waals surface area (Å²) in [5, 5.41) is 9.13. The van der Waals surface area contributed by atoms with E-state index < -0.39 is 23.8 Å². The van der Waals surface area contributed by atoms with E-state index in [4.69, 9.17) is 11.0 Å². The number of rotatable bonds is 3. The smallest absolute Gasteiger partial charge is 0.206 e. The minimum Gasteiger partial charge on any atom is -0.340 e. The number of hydrogen-bond acceptors (Lipinski definition) is 4. The molecule has 2 heterocycles. The SMILES string of the molecule is Cc1cc(Cn2c(N3CC[C@H](F)[C@@H](N)C3)nc3cc(F)c(F)cc32)ccc1C#N. The van der Waals surface area contributed by atoms with Crippen LogP contribution < -0.4 is 10.6 Å². The van der Waals surface area contributed by atoms with Crippen LogP contribution in [-0.4, -0.2) is 34.9 Å². The number of anilines is 1. The van der Waals surface area contributed by atoms with Gasteiger partial charge in [0.25, 0.3) is 0 Å². The van der Waals surface area contributed by atoms with E-state index in [1.807, 2.05) is 24.0 Å². The van der Waals surface area contributed by atoms with E-state index in [1.54, 1.807) is 10.6 Å². The Labute approximate surface area is 166 Å². The molecule has 2 atom stereocenters. The Morgan fingerprint density at radius 1 is 1.24 bits per heavy atom. The lowest BCUT2D eigenvalue weighted by atomic mass is 10.0. The van der Waals surface area contributed by atoms with Crippen LogP contribution in [0.5, 0.6) is 0 Å². The van der Waals surface area contributed by atoms with Crippen LogP contribution in [0.1, 0.15) is 23.1 Å². The average molecular weight is 399 g/mol. The van der Waals surface area contributed by atoms with Gasteiger partial charge in [0.15, 0.2) is 11.6 Å². The Morgan fingerprint density at radius 2 is 2.00 bits per heavy atom. The van der Waals surface area contributed by atoms with Crippen molar-refractivity contribution in [1.29, 1.82) is 5.26 Å². The molecule has 0 amide bonds. The lowest BCUT2D eigenvalue weighted by molar-refractivity contribution is 0.243. The van der Waals surface area contributed by atoms with Crippen LogP contribution in [0.4, 0.5) is 19.1 Å². The highest BCUT2D eigenvalue weighted by Gasteiger charge is 2.29. The molecule has 5 nitrogen and oxygen atoms in total. The molecular weight excluding hydrogens is 379 g/mol. The molecule has 0 unspecified atom stereocenters. The number of nitrogens with zero attached hydrogens (tertiary/aromatic N) is 4. The molecule has 8 heteroatoms. The Bertz CT molecular complexity index is 1120. The number of imidazole rings is 1. The fourth-order valence-corrected chi connectivity index (χ4v) is 3.77. The molecule has 1 aliphatic rings. The van der Waals surface area contributed by atoms with E-state index in [9.17, 15) is 13.2 Å². The van der Waals surface area contributed by atoms with Gasteiger partial charge in [-0.05, 0) is 30.5 Å². The molecule has 4 rings (SSSR count). The van der Waals surface area contributed by atoms with Gasteiger partial charge in [-0.15, -0.1) is 0 Å². The van der Waals surface area contributed by atoms with Crippen LogP contribution in [-0.2, 0) is 6.54 Å². The normalized spacial score (nSPS) is 19.5. The first kappa shape index (κ1) is 19.3. The number of nitrogens with two attached hydrogens (primary N) is 1. The fraction of sp³-hybridized carbons (Fsp3) is 0.333. The van der Waals surface area contributed by atoms with Crippen LogP contribution in [0.2, 0.25) is 0 Å². The zero-order valence-electron chi connectivity index (χ0n) is 15.9. The molecule has 2 aromatic carbocycles. The molecule has 1 saturated heterocycles. The maximum atomic E-state index is 14.0. The zero-order valence-corrected chi connectivity index (χ0v) is 15.9. The van der Waals surface area contributed by atoms with Gasteiger partial charge in [-0.2, -0.15) is 5.26 Å². The van der Waals surface area contributed by atoms with Crippen molar-refractivity contribution < 1.29 is 13.2 Å². The molecular formula is C21H20F3N5. The minimum absolute atomic E-state index is 0.266. The molecule has 1 aromatic heterocycles. The highest BCUT2D eigenvalue weighted by atomic mass is 19.2. The summed E-state index contributed by atoms with van der Waals surface area (Å²) in [6, 6.07) is 9.10. The molecule has 2 N–H and O–H groups in total. The van der Waals surface area contributed by atoms with Crippen LogP contribution in [0.15, 0.2) is 30.3 Å². The average Bonchev–Trinajstić information content (AvgIpc) is 3.02. The van der Waals surface area contributed by atoms with Crippen molar-refractivity contribution >= 4 is 17.0 Å². The van der Waals surface area contributed by atoms with E-state index in [-0.39, 0.29) is 13.0 Å². The number of hydrogen-bond donors (Lipinski definition) is 1. The Kier molecular flexibility index (Phi) is 4.92. The summed E-state index contributed by atoms with van der Waals surface area (Å²) in [7, 11) is 0. The third-order valence-corrected chi connectivity index (χ3v) is 5.38. The second-order valence-corrected chi connectivity index (χ2v) is 7.43. The van der Waals surface area contributed by atoms with Gasteiger partial charge in [0.2, 0.25) is 5.95 Å². The zero-order chi connectivity index (χ0) is 20.7. The summed E-state index contributed by atoms with van der Waals surface area (Å²) in [6.07, 6.45) is -0.816. The van der Waals surface area contributed by atoms with Crippen LogP contribution in [0, 0.1) is 29.9 Å². The number of aromatic nitrogens is 2. The molecule has 1 aliphatic heterocycles. The van der Waals surface area contributed by atoms with Crippen molar-refractivity contribution in [3.63, 3.8) is 0 Å². The van der Waals surface area contributed by atoms with E-state index in [2.05, 4.69) is 11.1 Å². The van der Waals surface area contributed by atoms with Crippen molar-refractivity contribution in [2.24, 2.45) is 5.73 Å². The van der Waals surface area contributed by atoms with Crippen molar-refractivity contribution in [2.45, 2.75) is 32.1 Å². The molecule has 3 aromatic rings. The monoisotopic (exact) mass is 399 g/mol. The molecule has 0 aliphatic carbocycles. The van der Waals surface area contributed by atoms with Crippen molar-refractivity contribution in [3.8, 4) is 6.07 Å². The fourth-order valence-electron chi connectivity index (χ4n) is 3.77. The molecule has 29 heavy (non-hydrogen) atoms. The Balaban J connectivity index is 1.81. The number of aryl methyl sites for hydroxylation is 1. The summed E-state index contributed by atoms with van der Waals surface area (Å²) < 4.78 is 43.3.